The number of benzene rings is 1. The first kappa shape index (κ1) is 21.0. The van der Waals surface area contributed by atoms with Crippen LogP contribution in [-0.4, -0.2) is 28.8 Å². The van der Waals surface area contributed by atoms with Crippen LogP contribution in [0.1, 0.15) is 17.0 Å². The molecule has 0 aliphatic carbocycles. The van der Waals surface area contributed by atoms with Crippen LogP contribution in [0.3, 0.4) is 0 Å². The summed E-state index contributed by atoms with van der Waals surface area (Å²) < 4.78 is 2.00. The number of hydrogen-bond donors (Lipinski definition) is 2. The monoisotopic (exact) mass is 496 g/mol. The zero-order valence-corrected chi connectivity index (χ0v) is 18.9. The SMILES string of the molecule is CNC(=O)Cc1csc(NC(=O)Cc2csc(SCc3ccc(Br)cc3)n2)n1. The predicted octanol–water partition coefficient (Wildman–Crippen LogP) is 4.12. The van der Waals surface area contributed by atoms with Gasteiger partial charge in [0.25, 0.3) is 0 Å². The van der Waals surface area contributed by atoms with Crippen molar-refractivity contribution in [2.75, 3.05) is 12.4 Å². The highest BCUT2D eigenvalue weighted by molar-refractivity contribution is 9.10. The highest BCUT2D eigenvalue weighted by Crippen LogP contribution is 2.27. The summed E-state index contributed by atoms with van der Waals surface area (Å²) in [5, 5.41) is 9.48. The van der Waals surface area contributed by atoms with Crippen LogP contribution in [0.15, 0.2) is 43.8 Å². The van der Waals surface area contributed by atoms with Crippen molar-refractivity contribution in [3.8, 4) is 0 Å². The van der Waals surface area contributed by atoms with Crippen LogP contribution in [0.4, 0.5) is 5.13 Å². The molecule has 2 heterocycles. The van der Waals surface area contributed by atoms with Crippen LogP contribution in [0, 0.1) is 0 Å². The molecular formula is C18H17BrN4O2S3. The predicted molar refractivity (Wildman–Crippen MR) is 118 cm³/mol. The Morgan fingerprint density at radius 1 is 1.04 bits per heavy atom. The third-order valence-electron chi connectivity index (χ3n) is 3.57. The molecule has 146 valence electrons. The molecule has 6 nitrogen and oxygen atoms in total. The number of carbonyl (C=O) groups excluding carboxylic acids is 2. The van der Waals surface area contributed by atoms with Crippen LogP contribution < -0.4 is 10.6 Å². The number of thiazole rings is 2. The van der Waals surface area contributed by atoms with E-state index in [1.807, 2.05) is 17.5 Å². The van der Waals surface area contributed by atoms with E-state index in [0.717, 1.165) is 20.3 Å². The molecule has 0 unspecified atom stereocenters. The first-order valence-electron chi connectivity index (χ1n) is 8.28. The average Bonchev–Trinajstić information content (AvgIpc) is 3.30. The lowest BCUT2D eigenvalue weighted by atomic mass is 10.2. The quantitative estimate of drug-likeness (QED) is 0.458. The molecule has 2 N–H and O–H groups in total. The Hall–Kier alpha value is -1.75. The average molecular weight is 497 g/mol. The third kappa shape index (κ3) is 6.40. The second-order valence-corrected chi connectivity index (χ2v) is 9.59. The molecule has 0 bridgehead atoms. The number of amides is 2. The smallest absolute Gasteiger partial charge is 0.232 e. The van der Waals surface area contributed by atoms with Gasteiger partial charge in [-0.25, -0.2) is 9.97 Å². The van der Waals surface area contributed by atoms with Crippen molar-refractivity contribution in [3.05, 3.63) is 56.4 Å². The highest BCUT2D eigenvalue weighted by Gasteiger charge is 2.12. The van der Waals surface area contributed by atoms with Crippen molar-refractivity contribution in [1.29, 1.82) is 0 Å². The molecule has 10 heteroatoms. The number of anilines is 1. The number of aromatic nitrogens is 2. The molecule has 0 spiro atoms. The van der Waals surface area contributed by atoms with E-state index in [-0.39, 0.29) is 24.7 Å². The van der Waals surface area contributed by atoms with E-state index in [1.54, 1.807) is 24.2 Å². The van der Waals surface area contributed by atoms with Gasteiger partial charge in [0.05, 0.1) is 24.2 Å². The number of thioether (sulfide) groups is 1. The van der Waals surface area contributed by atoms with Gasteiger partial charge in [0.1, 0.15) is 4.34 Å². The summed E-state index contributed by atoms with van der Waals surface area (Å²) in [6, 6.07) is 8.19. The Kier molecular flexibility index (Phi) is 7.60. The van der Waals surface area contributed by atoms with Gasteiger partial charge in [-0.1, -0.05) is 39.8 Å². The second kappa shape index (κ2) is 10.1. The highest BCUT2D eigenvalue weighted by atomic mass is 79.9. The molecule has 0 saturated carbocycles. The van der Waals surface area contributed by atoms with Crippen molar-refractivity contribution in [1.82, 2.24) is 15.3 Å². The zero-order chi connectivity index (χ0) is 19.9. The first-order valence-corrected chi connectivity index (χ1v) is 11.8. The largest absolute Gasteiger partial charge is 0.359 e. The van der Waals surface area contributed by atoms with Crippen molar-refractivity contribution >= 4 is 67.3 Å². The molecule has 0 aliphatic heterocycles. The number of likely N-dealkylation sites (N-methyl/N-ethyl adjacent to an activating group) is 1. The number of carbonyl (C=O) groups is 2. The minimum atomic E-state index is -0.171. The molecule has 0 fully saturated rings. The Bertz CT molecular complexity index is 956. The van der Waals surface area contributed by atoms with Gasteiger partial charge in [-0.3, -0.25) is 9.59 Å². The fraction of sp³-hybridized carbons (Fsp3) is 0.222. The molecular weight excluding hydrogens is 480 g/mol. The molecule has 3 aromatic rings. The fourth-order valence-corrected chi connectivity index (χ4v) is 4.98. The van der Waals surface area contributed by atoms with Gasteiger partial charge < -0.3 is 10.6 Å². The third-order valence-corrected chi connectivity index (χ3v) is 7.04. The number of nitrogens with one attached hydrogen (secondary N) is 2. The first-order chi connectivity index (χ1) is 13.5. The van der Waals surface area contributed by atoms with Crippen molar-refractivity contribution in [2.45, 2.75) is 22.9 Å². The minimum absolute atomic E-state index is 0.112. The van der Waals surface area contributed by atoms with Gasteiger partial charge in [0, 0.05) is 28.0 Å². The number of hydrogen-bond acceptors (Lipinski definition) is 7. The lowest BCUT2D eigenvalue weighted by Crippen LogP contribution is -2.20. The number of rotatable bonds is 8. The molecule has 28 heavy (non-hydrogen) atoms. The normalized spacial score (nSPS) is 10.6. The lowest BCUT2D eigenvalue weighted by Gasteiger charge is -2.00. The zero-order valence-electron chi connectivity index (χ0n) is 14.9. The maximum absolute atomic E-state index is 12.2. The van der Waals surface area contributed by atoms with E-state index < -0.39 is 0 Å². The lowest BCUT2D eigenvalue weighted by molar-refractivity contribution is -0.120. The Morgan fingerprint density at radius 2 is 1.71 bits per heavy atom. The van der Waals surface area contributed by atoms with E-state index in [4.69, 9.17) is 0 Å². The van der Waals surface area contributed by atoms with Crippen LogP contribution in [0.2, 0.25) is 0 Å². The van der Waals surface area contributed by atoms with Crippen LogP contribution in [0.5, 0.6) is 0 Å². The van der Waals surface area contributed by atoms with Gasteiger partial charge in [0.2, 0.25) is 11.8 Å². The van der Waals surface area contributed by atoms with Gasteiger partial charge in [-0.15, -0.1) is 22.7 Å². The van der Waals surface area contributed by atoms with Crippen LogP contribution in [0.25, 0.3) is 0 Å². The Morgan fingerprint density at radius 3 is 2.46 bits per heavy atom. The number of nitrogens with zero attached hydrogens (tertiary/aromatic N) is 2. The van der Waals surface area contributed by atoms with E-state index in [0.29, 0.717) is 10.8 Å². The molecule has 0 radical (unpaired) electrons. The molecule has 0 aliphatic rings. The Balaban J connectivity index is 1.48. The summed E-state index contributed by atoms with van der Waals surface area (Å²) >= 11 is 7.93. The van der Waals surface area contributed by atoms with Gasteiger partial charge >= 0.3 is 0 Å². The molecule has 0 saturated heterocycles. The molecule has 0 atom stereocenters. The summed E-state index contributed by atoms with van der Waals surface area (Å²) in [6.45, 7) is 0. The molecule has 3 rings (SSSR count). The molecule has 2 amide bonds. The maximum atomic E-state index is 12.2. The van der Waals surface area contributed by atoms with Crippen molar-refractivity contribution < 1.29 is 9.59 Å². The summed E-state index contributed by atoms with van der Waals surface area (Å²) in [7, 11) is 1.58. The van der Waals surface area contributed by atoms with Gasteiger partial charge in [-0.05, 0) is 17.7 Å². The van der Waals surface area contributed by atoms with Crippen LogP contribution in [-0.2, 0) is 28.2 Å². The topological polar surface area (TPSA) is 84.0 Å². The summed E-state index contributed by atoms with van der Waals surface area (Å²) in [6.07, 6.45) is 0.396. The van der Waals surface area contributed by atoms with E-state index in [1.165, 1.54) is 28.2 Å². The standard InChI is InChI=1S/C18H17BrN4O2S3/c1-20-15(24)6-13-9-26-17(21-13)23-16(25)7-14-10-28-18(22-14)27-8-11-2-4-12(19)5-3-11/h2-5,9-10H,6-8H2,1H3,(H,20,24)(H,21,23,25). The Labute approximate surface area is 183 Å². The fourth-order valence-electron chi connectivity index (χ4n) is 2.19. The van der Waals surface area contributed by atoms with E-state index >= 15 is 0 Å². The maximum Gasteiger partial charge on any atom is 0.232 e. The molecule has 2 aromatic heterocycles. The van der Waals surface area contributed by atoms with Crippen molar-refractivity contribution in [3.63, 3.8) is 0 Å². The van der Waals surface area contributed by atoms with Crippen molar-refractivity contribution in [2.24, 2.45) is 0 Å². The number of halogens is 1. The van der Waals surface area contributed by atoms with Gasteiger partial charge in [0.15, 0.2) is 5.13 Å². The minimum Gasteiger partial charge on any atom is -0.359 e. The van der Waals surface area contributed by atoms with E-state index in [9.17, 15) is 9.59 Å². The summed E-state index contributed by atoms with van der Waals surface area (Å²) in [5.41, 5.74) is 2.60. The summed E-state index contributed by atoms with van der Waals surface area (Å²) in [5.74, 6) is 0.550. The van der Waals surface area contributed by atoms with Gasteiger partial charge in [-0.2, -0.15) is 0 Å². The van der Waals surface area contributed by atoms with E-state index in [2.05, 4.69) is 48.7 Å². The molecule has 1 aromatic carbocycles. The second-order valence-electron chi connectivity index (χ2n) is 5.74. The van der Waals surface area contributed by atoms with Crippen LogP contribution >= 0.6 is 50.4 Å². The summed E-state index contributed by atoms with van der Waals surface area (Å²) in [4.78, 5) is 32.4.